The molecule has 0 heterocycles. The van der Waals surface area contributed by atoms with Crippen LogP contribution in [0.2, 0.25) is 0 Å². The van der Waals surface area contributed by atoms with Crippen LogP contribution in [0.5, 0.6) is 0 Å². The molecule has 5 nitrogen and oxygen atoms in total. The van der Waals surface area contributed by atoms with Crippen LogP contribution in [0.1, 0.15) is 9.78 Å². The fourth-order valence-corrected chi connectivity index (χ4v) is 2.14. The Kier molecular flexibility index (Phi) is 11.3. The SMILES string of the molecule is CCOC(=O)/C(O)=C\S(=O)(=O)c1ccccc1.[H-].[H-].[Na+].[Na+]. The zero-order valence-electron chi connectivity index (χ0n) is 13.2. The molecule has 0 atom stereocenters. The molecule has 0 saturated carbocycles. The molecule has 0 spiro atoms. The van der Waals surface area contributed by atoms with Crippen molar-refractivity contribution in [2.45, 2.75) is 11.8 Å². The van der Waals surface area contributed by atoms with Gasteiger partial charge in [0.25, 0.3) is 0 Å². The molecule has 1 aromatic rings. The van der Waals surface area contributed by atoms with Gasteiger partial charge in [-0.25, -0.2) is 13.2 Å². The van der Waals surface area contributed by atoms with Gasteiger partial charge in [-0.3, -0.25) is 0 Å². The molecule has 0 fully saturated rings. The van der Waals surface area contributed by atoms with Crippen molar-refractivity contribution in [2.75, 3.05) is 6.61 Å². The quantitative estimate of drug-likeness (QED) is 0.263. The second-order valence-corrected chi connectivity index (χ2v) is 4.88. The third-order valence-corrected chi connectivity index (χ3v) is 3.29. The minimum absolute atomic E-state index is 0. The summed E-state index contributed by atoms with van der Waals surface area (Å²) in [5, 5.41) is 9.74. The monoisotopic (exact) mass is 304 g/mol. The normalized spacial score (nSPS) is 10.9. The molecule has 0 radical (unpaired) electrons. The number of ether oxygens (including phenoxy) is 1. The van der Waals surface area contributed by atoms with Gasteiger partial charge in [0.05, 0.1) is 16.9 Å². The van der Waals surface area contributed by atoms with Gasteiger partial charge in [-0.05, 0) is 19.1 Å². The van der Waals surface area contributed by atoms with Crippen LogP contribution in [-0.2, 0) is 19.4 Å². The summed E-state index contributed by atoms with van der Waals surface area (Å²) in [5.41, 5.74) is 0. The Hall–Kier alpha value is 0.180. The third-order valence-electron chi connectivity index (χ3n) is 1.82. The average Bonchev–Trinajstić information content (AvgIpc) is 2.30. The number of sulfone groups is 1. The Labute approximate surface area is 159 Å². The zero-order valence-corrected chi connectivity index (χ0v) is 16.0. The Morgan fingerprint density at radius 2 is 1.84 bits per heavy atom. The predicted octanol–water partition coefficient (Wildman–Crippen LogP) is -4.34. The number of carbonyl (C=O) groups is 1. The number of aliphatic hydroxyl groups is 1. The van der Waals surface area contributed by atoms with Crippen molar-refractivity contribution in [2.24, 2.45) is 0 Å². The molecule has 96 valence electrons. The van der Waals surface area contributed by atoms with E-state index in [1.165, 1.54) is 12.1 Å². The standard InChI is InChI=1S/C11H12O5S.2Na.2H/c1-2-16-11(13)10(12)8-17(14,15)9-6-4-3-5-7-9;;;;/h3-8,12H,2H2,1H3;;;;/q;2*+1;2*-1/b10-8+;;;;. The third kappa shape index (κ3) is 6.94. The van der Waals surface area contributed by atoms with Gasteiger partial charge in [-0.2, -0.15) is 0 Å². The summed E-state index contributed by atoms with van der Waals surface area (Å²) in [4.78, 5) is 11.0. The van der Waals surface area contributed by atoms with Crippen molar-refractivity contribution in [1.82, 2.24) is 0 Å². The van der Waals surface area contributed by atoms with Crippen LogP contribution in [0.25, 0.3) is 0 Å². The van der Waals surface area contributed by atoms with Gasteiger partial charge in [-0.15, -0.1) is 0 Å². The smallest absolute Gasteiger partial charge is 1.00 e. The van der Waals surface area contributed by atoms with Crippen molar-refractivity contribution < 1.29 is 85.0 Å². The number of esters is 1. The topological polar surface area (TPSA) is 80.7 Å². The fraction of sp³-hybridized carbons (Fsp3) is 0.182. The summed E-state index contributed by atoms with van der Waals surface area (Å²) < 4.78 is 27.9. The van der Waals surface area contributed by atoms with Crippen LogP contribution in [0.3, 0.4) is 0 Å². The molecule has 1 aromatic carbocycles. The average molecular weight is 304 g/mol. The van der Waals surface area contributed by atoms with E-state index in [4.69, 9.17) is 0 Å². The van der Waals surface area contributed by atoms with Crippen molar-refractivity contribution in [1.29, 1.82) is 0 Å². The van der Waals surface area contributed by atoms with Gasteiger partial charge in [0, 0.05) is 0 Å². The van der Waals surface area contributed by atoms with Crippen LogP contribution in [0.15, 0.2) is 46.4 Å². The Balaban J connectivity index is -0.000000361. The number of rotatable bonds is 4. The van der Waals surface area contributed by atoms with Crippen LogP contribution in [-0.4, -0.2) is 26.1 Å². The van der Waals surface area contributed by atoms with Crippen molar-refractivity contribution in [3.05, 3.63) is 41.5 Å². The van der Waals surface area contributed by atoms with Crippen molar-refractivity contribution in [3.63, 3.8) is 0 Å². The first kappa shape index (κ1) is 21.5. The molecule has 0 aliphatic rings. The van der Waals surface area contributed by atoms with E-state index in [1.807, 2.05) is 0 Å². The minimum atomic E-state index is -3.84. The molecule has 19 heavy (non-hydrogen) atoms. The summed E-state index contributed by atoms with van der Waals surface area (Å²) in [6.07, 6.45) is 0. The molecular weight excluding hydrogens is 290 g/mol. The molecule has 1 rings (SSSR count). The van der Waals surface area contributed by atoms with E-state index in [2.05, 4.69) is 4.74 Å². The van der Waals surface area contributed by atoms with Gasteiger partial charge in [0.1, 0.15) is 0 Å². The van der Waals surface area contributed by atoms with E-state index in [-0.39, 0.29) is 73.5 Å². The Bertz CT molecular complexity index is 535. The molecule has 0 bridgehead atoms. The second kappa shape index (κ2) is 9.99. The van der Waals surface area contributed by atoms with Crippen LogP contribution >= 0.6 is 0 Å². The number of hydrogen-bond donors (Lipinski definition) is 1. The van der Waals surface area contributed by atoms with E-state index >= 15 is 0 Å². The fourth-order valence-electron chi connectivity index (χ4n) is 1.08. The molecule has 8 heteroatoms. The molecule has 0 saturated heterocycles. The first-order chi connectivity index (χ1) is 7.97. The number of carbonyl (C=O) groups excluding carboxylic acids is 1. The zero-order chi connectivity index (χ0) is 12.9. The minimum Gasteiger partial charge on any atom is -1.00 e. The van der Waals surface area contributed by atoms with E-state index in [1.54, 1.807) is 25.1 Å². The maximum absolute atomic E-state index is 11.7. The molecule has 0 aromatic heterocycles. The molecule has 0 aliphatic carbocycles. The van der Waals surface area contributed by atoms with Gasteiger partial charge in [-0.1, -0.05) is 18.2 Å². The van der Waals surface area contributed by atoms with E-state index in [9.17, 15) is 18.3 Å². The van der Waals surface area contributed by atoms with Crippen molar-refractivity contribution in [3.8, 4) is 0 Å². The van der Waals surface area contributed by atoms with Crippen molar-refractivity contribution >= 4 is 15.8 Å². The molecular formula is C11H14Na2O5S. The maximum atomic E-state index is 11.7. The van der Waals surface area contributed by atoms with Crippen LogP contribution in [0.4, 0.5) is 0 Å². The predicted molar refractivity (Wildman–Crippen MR) is 63.2 cm³/mol. The van der Waals surface area contributed by atoms with E-state index < -0.39 is 21.6 Å². The number of aliphatic hydroxyl groups excluding tert-OH is 1. The summed E-state index contributed by atoms with van der Waals surface area (Å²) in [6.45, 7) is 1.61. The van der Waals surface area contributed by atoms with Gasteiger partial charge >= 0.3 is 65.1 Å². The summed E-state index contributed by atoms with van der Waals surface area (Å²) in [7, 11) is -3.84. The Morgan fingerprint density at radius 3 is 2.32 bits per heavy atom. The molecule has 0 aliphatic heterocycles. The largest absolute Gasteiger partial charge is 1.00 e. The first-order valence-corrected chi connectivity index (χ1v) is 6.40. The summed E-state index contributed by atoms with van der Waals surface area (Å²) in [6, 6.07) is 7.48. The van der Waals surface area contributed by atoms with E-state index in [0.717, 1.165) is 0 Å². The Morgan fingerprint density at radius 1 is 1.32 bits per heavy atom. The number of hydrogen-bond acceptors (Lipinski definition) is 5. The van der Waals surface area contributed by atoms with Crippen LogP contribution < -0.4 is 59.1 Å². The van der Waals surface area contributed by atoms with E-state index in [0.29, 0.717) is 5.41 Å². The second-order valence-electron chi connectivity index (χ2n) is 3.08. The first-order valence-electron chi connectivity index (χ1n) is 4.85. The van der Waals surface area contributed by atoms with Gasteiger partial charge < -0.3 is 12.7 Å². The molecule has 0 amide bonds. The maximum Gasteiger partial charge on any atom is 1.00 e. The van der Waals surface area contributed by atoms with Gasteiger partial charge in [0.2, 0.25) is 15.6 Å². The summed E-state index contributed by atoms with van der Waals surface area (Å²) in [5.74, 6) is -2.00. The van der Waals surface area contributed by atoms with Gasteiger partial charge in [0.15, 0.2) is 0 Å². The van der Waals surface area contributed by atoms with Crippen LogP contribution in [0, 0.1) is 0 Å². The number of benzene rings is 1. The summed E-state index contributed by atoms with van der Waals surface area (Å²) >= 11 is 0. The molecule has 1 N–H and O–H groups in total. The molecule has 0 unspecified atom stereocenters.